The molecule has 0 saturated carbocycles. The minimum atomic E-state index is -0.973. The van der Waals surface area contributed by atoms with Gasteiger partial charge < -0.3 is 16.2 Å². The van der Waals surface area contributed by atoms with Gasteiger partial charge in [0.2, 0.25) is 11.8 Å². The Morgan fingerprint density at radius 2 is 1.79 bits per heavy atom. The molecule has 0 fully saturated rings. The zero-order chi connectivity index (χ0) is 14.6. The van der Waals surface area contributed by atoms with E-state index in [-0.39, 0.29) is 12.5 Å². The maximum Gasteiger partial charge on any atom is 0.307 e. The minimum absolute atomic E-state index is 0.105. The van der Waals surface area contributed by atoms with Gasteiger partial charge in [-0.15, -0.1) is 0 Å². The summed E-state index contributed by atoms with van der Waals surface area (Å²) in [6.45, 7) is 3.36. The van der Waals surface area contributed by atoms with Crippen LogP contribution in [-0.4, -0.2) is 29.4 Å². The van der Waals surface area contributed by atoms with E-state index in [0.29, 0.717) is 12.8 Å². The number of amides is 2. The van der Waals surface area contributed by atoms with E-state index >= 15 is 0 Å². The van der Waals surface area contributed by atoms with E-state index in [1.807, 2.05) is 6.08 Å². The van der Waals surface area contributed by atoms with Crippen molar-refractivity contribution in [2.45, 2.75) is 26.7 Å². The standard InChI is InChI=1S/C13H20N2O4/c1-13(2,12(14)19)7-15-10(16)8-5-3-4-6-9(8)11(17)18/h3-4,8-9H,5-7H2,1-2H3,(H2,14,19)(H,15,16)(H,17,18). The summed E-state index contributed by atoms with van der Waals surface area (Å²) in [5.74, 6) is -3.12. The maximum atomic E-state index is 12.0. The lowest BCUT2D eigenvalue weighted by Gasteiger charge is -2.27. The SMILES string of the molecule is CC(C)(CNC(=O)C1CC=CCC1C(=O)O)C(N)=O. The summed E-state index contributed by atoms with van der Waals surface area (Å²) in [6.07, 6.45) is 4.34. The highest BCUT2D eigenvalue weighted by Gasteiger charge is 2.35. The van der Waals surface area contributed by atoms with Crippen molar-refractivity contribution in [2.75, 3.05) is 6.54 Å². The van der Waals surface area contributed by atoms with E-state index in [1.165, 1.54) is 0 Å². The van der Waals surface area contributed by atoms with Crippen LogP contribution in [0.25, 0.3) is 0 Å². The molecule has 1 aliphatic carbocycles. The van der Waals surface area contributed by atoms with Gasteiger partial charge in [0.05, 0.1) is 17.3 Å². The number of carbonyl (C=O) groups excluding carboxylic acids is 2. The van der Waals surface area contributed by atoms with E-state index in [1.54, 1.807) is 19.9 Å². The van der Waals surface area contributed by atoms with Crippen molar-refractivity contribution in [1.82, 2.24) is 5.32 Å². The summed E-state index contributed by atoms with van der Waals surface area (Å²) in [5, 5.41) is 11.7. The Hall–Kier alpha value is -1.85. The van der Waals surface area contributed by atoms with Gasteiger partial charge in [0.1, 0.15) is 0 Å². The number of nitrogens with two attached hydrogens (primary N) is 1. The fourth-order valence-corrected chi connectivity index (χ4v) is 1.90. The quantitative estimate of drug-likeness (QED) is 0.622. The van der Waals surface area contributed by atoms with Crippen LogP contribution in [-0.2, 0) is 14.4 Å². The first kappa shape index (κ1) is 15.2. The third kappa shape index (κ3) is 3.81. The highest BCUT2D eigenvalue weighted by Crippen LogP contribution is 2.26. The monoisotopic (exact) mass is 268 g/mol. The van der Waals surface area contributed by atoms with Crippen molar-refractivity contribution < 1.29 is 19.5 Å². The van der Waals surface area contributed by atoms with Crippen LogP contribution < -0.4 is 11.1 Å². The predicted molar refractivity (Wildman–Crippen MR) is 69.0 cm³/mol. The molecule has 0 aromatic carbocycles. The first-order valence-corrected chi connectivity index (χ1v) is 6.21. The lowest BCUT2D eigenvalue weighted by molar-refractivity contribution is -0.147. The number of hydrogen-bond donors (Lipinski definition) is 3. The summed E-state index contributed by atoms with van der Waals surface area (Å²) >= 11 is 0. The summed E-state index contributed by atoms with van der Waals surface area (Å²) in [4.78, 5) is 34.3. The van der Waals surface area contributed by atoms with E-state index in [9.17, 15) is 14.4 Å². The molecule has 0 aromatic heterocycles. The molecule has 0 aliphatic heterocycles. The van der Waals surface area contributed by atoms with Crippen molar-refractivity contribution >= 4 is 17.8 Å². The molecule has 2 unspecified atom stereocenters. The Labute approximate surface area is 112 Å². The van der Waals surface area contributed by atoms with E-state index < -0.39 is 29.1 Å². The summed E-state index contributed by atoms with van der Waals surface area (Å²) < 4.78 is 0. The smallest absolute Gasteiger partial charge is 0.307 e. The number of carboxylic acid groups (broad SMARTS) is 1. The van der Waals surface area contributed by atoms with Crippen molar-refractivity contribution in [1.29, 1.82) is 0 Å². The Morgan fingerprint density at radius 3 is 2.26 bits per heavy atom. The third-order valence-corrected chi connectivity index (χ3v) is 3.46. The second-order valence-electron chi connectivity index (χ2n) is 5.46. The first-order valence-electron chi connectivity index (χ1n) is 6.21. The van der Waals surface area contributed by atoms with Gasteiger partial charge in [-0.25, -0.2) is 0 Å². The molecule has 0 spiro atoms. The molecule has 0 heterocycles. The molecular weight excluding hydrogens is 248 g/mol. The highest BCUT2D eigenvalue weighted by atomic mass is 16.4. The zero-order valence-electron chi connectivity index (χ0n) is 11.2. The average molecular weight is 268 g/mol. The van der Waals surface area contributed by atoms with Gasteiger partial charge in [-0.2, -0.15) is 0 Å². The number of nitrogens with one attached hydrogen (secondary N) is 1. The molecular formula is C13H20N2O4. The molecule has 2 atom stereocenters. The van der Waals surface area contributed by atoms with Crippen LogP contribution >= 0.6 is 0 Å². The van der Waals surface area contributed by atoms with Crippen molar-refractivity contribution in [3.8, 4) is 0 Å². The first-order chi connectivity index (χ1) is 8.75. The third-order valence-electron chi connectivity index (χ3n) is 3.46. The highest BCUT2D eigenvalue weighted by molar-refractivity contribution is 5.86. The number of hydrogen-bond acceptors (Lipinski definition) is 3. The van der Waals surface area contributed by atoms with Gasteiger partial charge >= 0.3 is 5.97 Å². The van der Waals surface area contributed by atoms with Crippen LogP contribution in [0.15, 0.2) is 12.2 Å². The van der Waals surface area contributed by atoms with Crippen molar-refractivity contribution in [2.24, 2.45) is 23.0 Å². The second-order valence-corrected chi connectivity index (χ2v) is 5.46. The summed E-state index contributed by atoms with van der Waals surface area (Å²) in [6, 6.07) is 0. The van der Waals surface area contributed by atoms with Crippen molar-refractivity contribution in [3.05, 3.63) is 12.2 Å². The molecule has 1 aliphatic rings. The predicted octanol–water partition coefficient (Wildman–Crippen LogP) is 0.281. The van der Waals surface area contributed by atoms with Gasteiger partial charge in [-0.3, -0.25) is 14.4 Å². The van der Waals surface area contributed by atoms with Gasteiger partial charge in [0.15, 0.2) is 0 Å². The topological polar surface area (TPSA) is 109 Å². The van der Waals surface area contributed by atoms with Crippen LogP contribution in [0.3, 0.4) is 0 Å². The van der Waals surface area contributed by atoms with Crippen LogP contribution in [0.4, 0.5) is 0 Å². The van der Waals surface area contributed by atoms with E-state index in [0.717, 1.165) is 0 Å². The number of carbonyl (C=O) groups is 3. The second kappa shape index (κ2) is 5.86. The molecule has 1 rings (SSSR count). The molecule has 0 radical (unpaired) electrons. The van der Waals surface area contributed by atoms with Gasteiger partial charge in [-0.1, -0.05) is 12.2 Å². The Morgan fingerprint density at radius 1 is 1.26 bits per heavy atom. The zero-order valence-corrected chi connectivity index (χ0v) is 11.2. The van der Waals surface area contributed by atoms with Crippen LogP contribution in [0.2, 0.25) is 0 Å². The van der Waals surface area contributed by atoms with Crippen LogP contribution in [0.5, 0.6) is 0 Å². The number of carboxylic acids is 1. The Kier molecular flexibility index (Phi) is 4.69. The average Bonchev–Trinajstić information content (AvgIpc) is 2.35. The van der Waals surface area contributed by atoms with Gasteiger partial charge in [0, 0.05) is 6.54 Å². The number of allylic oxidation sites excluding steroid dienone is 2. The largest absolute Gasteiger partial charge is 0.481 e. The molecule has 6 nitrogen and oxygen atoms in total. The number of rotatable bonds is 5. The maximum absolute atomic E-state index is 12.0. The molecule has 0 saturated heterocycles. The number of primary amides is 1. The lowest BCUT2D eigenvalue weighted by atomic mass is 9.82. The fourth-order valence-electron chi connectivity index (χ4n) is 1.90. The molecule has 6 heteroatoms. The molecule has 0 aromatic rings. The number of aliphatic carboxylic acids is 1. The van der Waals surface area contributed by atoms with Crippen LogP contribution in [0, 0.1) is 17.3 Å². The minimum Gasteiger partial charge on any atom is -0.481 e. The Bertz CT molecular complexity index is 415. The molecule has 106 valence electrons. The van der Waals surface area contributed by atoms with Crippen molar-refractivity contribution in [3.63, 3.8) is 0 Å². The van der Waals surface area contributed by atoms with E-state index in [4.69, 9.17) is 10.8 Å². The molecule has 4 N–H and O–H groups in total. The normalized spacial score (nSPS) is 22.8. The summed E-state index contributed by atoms with van der Waals surface area (Å²) in [7, 11) is 0. The summed E-state index contributed by atoms with van der Waals surface area (Å²) in [5.41, 5.74) is 4.37. The van der Waals surface area contributed by atoms with Crippen LogP contribution in [0.1, 0.15) is 26.7 Å². The van der Waals surface area contributed by atoms with E-state index in [2.05, 4.69) is 5.32 Å². The lowest BCUT2D eigenvalue weighted by Crippen LogP contribution is -2.46. The molecule has 0 bridgehead atoms. The Balaban J connectivity index is 2.64. The van der Waals surface area contributed by atoms with Gasteiger partial charge in [-0.05, 0) is 26.7 Å². The van der Waals surface area contributed by atoms with Gasteiger partial charge in [0.25, 0.3) is 0 Å². The molecule has 19 heavy (non-hydrogen) atoms. The fraction of sp³-hybridized carbons (Fsp3) is 0.615. The molecule has 2 amide bonds.